The number of alkyl halides is 2. The Morgan fingerprint density at radius 3 is 2.82 bits per heavy atom. The van der Waals surface area contributed by atoms with Crippen LogP contribution in [0.25, 0.3) is 0 Å². The Morgan fingerprint density at radius 1 is 1.55 bits per heavy atom. The fraction of sp³-hybridized carbons (Fsp3) is 0.250. The van der Waals surface area contributed by atoms with Crippen LogP contribution in [0.1, 0.15) is 0 Å². The molecular weight excluding hydrogens is 256 g/mol. The normalized spacial score (nSPS) is 11.4. The number of hydrogen-bond donors (Lipinski definition) is 1. The van der Waals surface area contributed by atoms with E-state index in [1.807, 2.05) is 6.07 Å². The van der Waals surface area contributed by atoms with Gasteiger partial charge in [-0.2, -0.15) is 0 Å². The second-order valence-corrected chi connectivity index (χ2v) is 7.68. The Balaban J connectivity index is 2.86. The summed E-state index contributed by atoms with van der Waals surface area (Å²) in [6.45, 7) is 0. The van der Waals surface area contributed by atoms with E-state index in [0.29, 0.717) is 4.55 Å². The molecule has 0 heterocycles. The molecule has 0 unspecified atom stereocenters. The van der Waals surface area contributed by atoms with Crippen molar-refractivity contribution in [3.63, 3.8) is 0 Å². The Hall–Kier alpha value is -0.160. The van der Waals surface area contributed by atoms with Crippen LogP contribution in [-0.2, 0) is 0 Å². The molecular formula is C8H11FIN. The molecule has 62 valence electrons. The monoisotopic (exact) mass is 267 g/mol. The first kappa shape index (κ1) is 8.93. The predicted molar refractivity (Wildman–Crippen MR) is 54.1 cm³/mol. The van der Waals surface area contributed by atoms with Gasteiger partial charge in [0.1, 0.15) is 0 Å². The zero-order chi connectivity index (χ0) is 8.27. The van der Waals surface area contributed by atoms with Gasteiger partial charge in [-0.15, -0.1) is 0 Å². The molecule has 0 aliphatic carbocycles. The van der Waals surface area contributed by atoms with Crippen LogP contribution in [0.2, 0.25) is 0 Å². The van der Waals surface area contributed by atoms with Crippen molar-refractivity contribution in [1.29, 1.82) is 0 Å². The summed E-state index contributed by atoms with van der Waals surface area (Å²) in [5.74, 6) is -0.153. The van der Waals surface area contributed by atoms with E-state index in [1.54, 1.807) is 12.1 Å². The van der Waals surface area contributed by atoms with E-state index in [9.17, 15) is 4.39 Å². The zero-order valence-corrected chi connectivity index (χ0v) is 8.51. The molecule has 3 heteroatoms. The molecule has 0 amide bonds. The average Bonchev–Trinajstić information content (AvgIpc) is 2.03. The van der Waals surface area contributed by atoms with Gasteiger partial charge in [0, 0.05) is 0 Å². The second kappa shape index (κ2) is 4.01. The molecule has 0 atom stereocenters. The molecule has 0 aromatic heterocycles. The third-order valence-electron chi connectivity index (χ3n) is 1.39. The van der Waals surface area contributed by atoms with Gasteiger partial charge in [0.25, 0.3) is 0 Å². The van der Waals surface area contributed by atoms with Gasteiger partial charge in [0.2, 0.25) is 0 Å². The van der Waals surface area contributed by atoms with Crippen LogP contribution in [0.4, 0.5) is 4.39 Å². The van der Waals surface area contributed by atoms with Gasteiger partial charge in [0.15, 0.2) is 0 Å². The molecule has 0 bridgehead atoms. The van der Waals surface area contributed by atoms with E-state index in [1.165, 1.54) is 6.07 Å². The molecule has 0 aliphatic heterocycles. The average molecular weight is 267 g/mol. The molecule has 1 rings (SSSR count). The van der Waals surface area contributed by atoms with E-state index in [2.05, 4.69) is 4.93 Å². The summed E-state index contributed by atoms with van der Waals surface area (Å²) >= 11 is -1.19. The van der Waals surface area contributed by atoms with Crippen molar-refractivity contribution in [2.45, 2.75) is 0 Å². The summed E-state index contributed by atoms with van der Waals surface area (Å²) in [5, 5.41) is 0. The van der Waals surface area contributed by atoms with Gasteiger partial charge in [0.05, 0.1) is 0 Å². The number of rotatable bonds is 2. The van der Waals surface area contributed by atoms with Gasteiger partial charge in [-0.3, -0.25) is 0 Å². The van der Waals surface area contributed by atoms with E-state index in [-0.39, 0.29) is 5.82 Å². The Morgan fingerprint density at radius 2 is 2.27 bits per heavy atom. The van der Waals surface area contributed by atoms with Gasteiger partial charge in [-0.25, -0.2) is 0 Å². The van der Waals surface area contributed by atoms with Crippen molar-refractivity contribution in [2.24, 2.45) is 5.73 Å². The Labute approximate surface area is 73.2 Å². The Bertz CT molecular complexity index is 239. The first-order chi connectivity index (χ1) is 5.24. The van der Waals surface area contributed by atoms with Gasteiger partial charge in [-0.1, -0.05) is 0 Å². The van der Waals surface area contributed by atoms with E-state index in [0.717, 1.165) is 3.57 Å². The molecule has 1 aromatic rings. The van der Waals surface area contributed by atoms with Crippen LogP contribution in [0, 0.1) is 9.39 Å². The number of hydrogen-bond acceptors (Lipinski definition) is 1. The maximum absolute atomic E-state index is 12.6. The van der Waals surface area contributed by atoms with Crippen molar-refractivity contribution in [1.82, 2.24) is 0 Å². The van der Waals surface area contributed by atoms with Crippen molar-refractivity contribution in [3.8, 4) is 0 Å². The van der Waals surface area contributed by atoms with Gasteiger partial charge >= 0.3 is 73.1 Å². The summed E-state index contributed by atoms with van der Waals surface area (Å²) in [5.41, 5.74) is 5.50. The molecule has 0 saturated heterocycles. The van der Waals surface area contributed by atoms with Crippen LogP contribution in [0.3, 0.4) is 0 Å². The van der Waals surface area contributed by atoms with Crippen LogP contribution in [0.15, 0.2) is 24.3 Å². The molecule has 0 fully saturated rings. The van der Waals surface area contributed by atoms with Crippen molar-refractivity contribution >= 4 is 19.8 Å². The van der Waals surface area contributed by atoms with E-state index >= 15 is 0 Å². The van der Waals surface area contributed by atoms with E-state index < -0.39 is 19.8 Å². The van der Waals surface area contributed by atoms with Crippen LogP contribution in [0.5, 0.6) is 0 Å². The van der Waals surface area contributed by atoms with Crippen molar-refractivity contribution in [2.75, 3.05) is 9.48 Å². The minimum absolute atomic E-state index is 0.153. The molecule has 1 nitrogen and oxygen atoms in total. The first-order valence-corrected chi connectivity index (χ1v) is 8.01. The zero-order valence-electron chi connectivity index (χ0n) is 6.35. The van der Waals surface area contributed by atoms with Gasteiger partial charge < -0.3 is 0 Å². The Kier molecular flexibility index (Phi) is 3.26. The molecule has 0 radical (unpaired) electrons. The molecule has 0 aliphatic rings. The fourth-order valence-corrected chi connectivity index (χ4v) is 2.91. The number of benzene rings is 1. The SMILES string of the molecule is CI(CN)c1cccc(F)c1. The maximum atomic E-state index is 12.6. The summed E-state index contributed by atoms with van der Waals surface area (Å²) in [6.07, 6.45) is 0. The standard InChI is InChI=1S/C8H11FIN/c1-10(6-11)8-4-2-3-7(9)5-8/h2-5H,6,11H2,1H3. The third-order valence-corrected chi connectivity index (χ3v) is 5.51. The summed E-state index contributed by atoms with van der Waals surface area (Å²) in [6, 6.07) is 6.76. The quantitative estimate of drug-likeness (QED) is 0.495. The summed E-state index contributed by atoms with van der Waals surface area (Å²) < 4.78 is 14.5. The fourth-order valence-electron chi connectivity index (χ4n) is 0.750. The summed E-state index contributed by atoms with van der Waals surface area (Å²) in [7, 11) is 0. The van der Waals surface area contributed by atoms with Crippen molar-refractivity contribution in [3.05, 3.63) is 33.7 Å². The molecule has 0 saturated carbocycles. The molecule has 0 spiro atoms. The van der Waals surface area contributed by atoms with Crippen LogP contribution < -0.4 is 5.73 Å². The summed E-state index contributed by atoms with van der Waals surface area (Å²) in [4.78, 5) is 2.14. The van der Waals surface area contributed by atoms with Crippen molar-refractivity contribution < 1.29 is 4.39 Å². The molecule has 2 N–H and O–H groups in total. The predicted octanol–water partition coefficient (Wildman–Crippen LogP) is 2.05. The third kappa shape index (κ3) is 2.41. The number of nitrogens with two attached hydrogens (primary N) is 1. The first-order valence-electron chi connectivity index (χ1n) is 3.25. The molecule has 1 aromatic carbocycles. The van der Waals surface area contributed by atoms with Crippen LogP contribution >= 0.6 is 19.8 Å². The second-order valence-electron chi connectivity index (χ2n) is 2.18. The molecule has 11 heavy (non-hydrogen) atoms. The topological polar surface area (TPSA) is 26.0 Å². The van der Waals surface area contributed by atoms with Gasteiger partial charge in [-0.05, 0) is 0 Å². The van der Waals surface area contributed by atoms with E-state index in [4.69, 9.17) is 5.73 Å². The van der Waals surface area contributed by atoms with Crippen LogP contribution in [-0.4, -0.2) is 9.48 Å². The minimum atomic E-state index is -1.19. The number of halogens is 2.